The fraction of sp³-hybridized carbons (Fsp3) is 0.0952. The molecule has 0 saturated heterocycles. The van der Waals surface area contributed by atoms with Gasteiger partial charge in [0, 0.05) is 17.8 Å². The van der Waals surface area contributed by atoms with Gasteiger partial charge in [0.15, 0.2) is 5.76 Å². The van der Waals surface area contributed by atoms with Gasteiger partial charge in [0.05, 0.1) is 17.9 Å². The van der Waals surface area contributed by atoms with Gasteiger partial charge in [-0.2, -0.15) is 5.26 Å². The molecule has 2 aromatic carbocycles. The third kappa shape index (κ3) is 4.41. The van der Waals surface area contributed by atoms with Crippen LogP contribution >= 0.6 is 0 Å². The Kier molecular flexibility index (Phi) is 5.33. The number of carbonyl (C=O) groups excluding carboxylic acids is 2. The maximum Gasteiger partial charge on any atom is 0.291 e. The number of anilines is 1. The van der Waals surface area contributed by atoms with Crippen LogP contribution in [-0.4, -0.2) is 11.8 Å². The highest BCUT2D eigenvalue weighted by atomic mass is 16.3. The first-order valence-corrected chi connectivity index (χ1v) is 8.29. The fourth-order valence-corrected chi connectivity index (χ4v) is 2.52. The van der Waals surface area contributed by atoms with Crippen LogP contribution in [-0.2, 0) is 6.54 Å². The van der Waals surface area contributed by atoms with Crippen molar-refractivity contribution in [3.05, 3.63) is 88.9 Å². The van der Waals surface area contributed by atoms with Gasteiger partial charge in [-0.05, 0) is 54.4 Å². The predicted octanol–water partition coefficient (Wildman–Crippen LogP) is 3.64. The number of aryl methyl sites for hydroxylation is 1. The zero-order chi connectivity index (χ0) is 19.2. The van der Waals surface area contributed by atoms with Crippen LogP contribution in [0.3, 0.4) is 0 Å². The Morgan fingerprint density at radius 3 is 2.67 bits per heavy atom. The minimum atomic E-state index is -0.381. The van der Waals surface area contributed by atoms with Gasteiger partial charge in [0.2, 0.25) is 0 Å². The molecule has 0 spiro atoms. The van der Waals surface area contributed by atoms with Crippen molar-refractivity contribution >= 4 is 17.5 Å². The second-order valence-corrected chi connectivity index (χ2v) is 5.96. The number of nitriles is 1. The summed E-state index contributed by atoms with van der Waals surface area (Å²) in [6.07, 6.45) is 1.42. The van der Waals surface area contributed by atoms with Gasteiger partial charge < -0.3 is 15.1 Å². The summed E-state index contributed by atoms with van der Waals surface area (Å²) < 4.78 is 5.08. The maximum atomic E-state index is 12.4. The lowest BCUT2D eigenvalue weighted by Gasteiger charge is -2.10. The van der Waals surface area contributed by atoms with Crippen LogP contribution in [0.5, 0.6) is 0 Å². The molecule has 0 aliphatic heterocycles. The normalized spacial score (nSPS) is 10.1. The topological polar surface area (TPSA) is 95.1 Å². The predicted molar refractivity (Wildman–Crippen MR) is 100 cm³/mol. The van der Waals surface area contributed by atoms with E-state index in [1.54, 1.807) is 48.5 Å². The first-order chi connectivity index (χ1) is 13.1. The van der Waals surface area contributed by atoms with Gasteiger partial charge in [-0.1, -0.05) is 18.2 Å². The molecule has 0 bridgehead atoms. The molecule has 0 saturated carbocycles. The van der Waals surface area contributed by atoms with Gasteiger partial charge in [-0.3, -0.25) is 9.59 Å². The van der Waals surface area contributed by atoms with Crippen LogP contribution in [0, 0.1) is 18.3 Å². The number of nitrogens with zero attached hydrogens (tertiary/aromatic N) is 1. The van der Waals surface area contributed by atoms with Crippen LogP contribution in [0.15, 0.2) is 65.3 Å². The Morgan fingerprint density at radius 1 is 1.07 bits per heavy atom. The van der Waals surface area contributed by atoms with Crippen molar-refractivity contribution < 1.29 is 14.0 Å². The number of carbonyl (C=O) groups is 2. The monoisotopic (exact) mass is 359 g/mol. The first-order valence-electron chi connectivity index (χ1n) is 8.29. The molecule has 2 N–H and O–H groups in total. The molecule has 0 atom stereocenters. The highest BCUT2D eigenvalue weighted by molar-refractivity contribution is 6.03. The van der Waals surface area contributed by atoms with Gasteiger partial charge in [0.25, 0.3) is 11.8 Å². The van der Waals surface area contributed by atoms with Crippen molar-refractivity contribution in [3.8, 4) is 6.07 Å². The summed E-state index contributed by atoms with van der Waals surface area (Å²) in [6, 6.07) is 17.4. The molecule has 1 heterocycles. The van der Waals surface area contributed by atoms with E-state index in [0.717, 1.165) is 11.1 Å². The minimum Gasteiger partial charge on any atom is -0.459 e. The number of hydrogen-bond donors (Lipinski definition) is 2. The van der Waals surface area contributed by atoms with Crippen molar-refractivity contribution in [1.29, 1.82) is 5.26 Å². The smallest absolute Gasteiger partial charge is 0.291 e. The van der Waals surface area contributed by atoms with E-state index in [2.05, 4.69) is 16.7 Å². The van der Waals surface area contributed by atoms with Crippen molar-refractivity contribution in [2.45, 2.75) is 13.5 Å². The molecule has 0 radical (unpaired) electrons. The highest BCUT2D eigenvalue weighted by Gasteiger charge is 2.13. The zero-order valence-electron chi connectivity index (χ0n) is 14.7. The van der Waals surface area contributed by atoms with Crippen molar-refractivity contribution in [3.63, 3.8) is 0 Å². The molecule has 1 aromatic heterocycles. The molecule has 0 aliphatic carbocycles. The Bertz CT molecular complexity index is 1020. The molecule has 0 fully saturated rings. The van der Waals surface area contributed by atoms with E-state index in [4.69, 9.17) is 9.68 Å². The van der Waals surface area contributed by atoms with E-state index >= 15 is 0 Å². The van der Waals surface area contributed by atoms with Crippen LogP contribution in [0.4, 0.5) is 5.69 Å². The fourth-order valence-electron chi connectivity index (χ4n) is 2.52. The molecule has 0 unspecified atom stereocenters. The molecule has 2 amide bonds. The molecular weight excluding hydrogens is 342 g/mol. The van der Waals surface area contributed by atoms with Crippen molar-refractivity contribution in [2.75, 3.05) is 5.32 Å². The van der Waals surface area contributed by atoms with Crippen LogP contribution in [0.25, 0.3) is 0 Å². The van der Waals surface area contributed by atoms with Gasteiger partial charge in [0.1, 0.15) is 0 Å². The van der Waals surface area contributed by atoms with Crippen LogP contribution < -0.4 is 10.6 Å². The summed E-state index contributed by atoms with van der Waals surface area (Å²) in [7, 11) is 0. The lowest BCUT2D eigenvalue weighted by molar-refractivity contribution is 0.0949. The average Bonchev–Trinajstić information content (AvgIpc) is 3.23. The Hall–Kier alpha value is -3.85. The molecule has 6 nitrogen and oxygen atoms in total. The molecule has 27 heavy (non-hydrogen) atoms. The minimum absolute atomic E-state index is 0.196. The number of benzene rings is 2. The summed E-state index contributed by atoms with van der Waals surface area (Å²) in [5.74, 6) is -0.457. The summed E-state index contributed by atoms with van der Waals surface area (Å²) in [4.78, 5) is 24.6. The standard InChI is InChI=1S/C21H17N3O3/c1-14-7-8-17(11-18(14)24-21(26)19-6-3-9-27-19)20(25)23-13-16-5-2-4-15(10-16)12-22/h2-11H,13H2,1H3,(H,23,25)(H,24,26). The highest BCUT2D eigenvalue weighted by Crippen LogP contribution is 2.18. The second-order valence-electron chi connectivity index (χ2n) is 5.96. The lowest BCUT2D eigenvalue weighted by Crippen LogP contribution is -2.23. The largest absolute Gasteiger partial charge is 0.459 e. The third-order valence-corrected chi connectivity index (χ3v) is 4.00. The first kappa shape index (κ1) is 18.0. The summed E-state index contributed by atoms with van der Waals surface area (Å²) in [5, 5.41) is 14.5. The number of amides is 2. The second kappa shape index (κ2) is 8.02. The van der Waals surface area contributed by atoms with E-state index in [0.29, 0.717) is 23.4 Å². The van der Waals surface area contributed by atoms with Crippen LogP contribution in [0.2, 0.25) is 0 Å². The van der Waals surface area contributed by atoms with Crippen LogP contribution in [0.1, 0.15) is 37.6 Å². The Labute approximate surface area is 156 Å². The number of hydrogen-bond acceptors (Lipinski definition) is 4. The number of nitrogens with one attached hydrogen (secondary N) is 2. The number of rotatable bonds is 5. The molecule has 0 aliphatic rings. The van der Waals surface area contributed by atoms with Gasteiger partial charge in [-0.15, -0.1) is 0 Å². The number of furan rings is 1. The Balaban J connectivity index is 1.70. The van der Waals surface area contributed by atoms with E-state index in [9.17, 15) is 9.59 Å². The van der Waals surface area contributed by atoms with Crippen molar-refractivity contribution in [2.24, 2.45) is 0 Å². The van der Waals surface area contributed by atoms with Crippen molar-refractivity contribution in [1.82, 2.24) is 5.32 Å². The lowest BCUT2D eigenvalue weighted by atomic mass is 10.1. The molecule has 6 heteroatoms. The van der Waals surface area contributed by atoms with Gasteiger partial charge in [-0.25, -0.2) is 0 Å². The summed E-state index contributed by atoms with van der Waals surface area (Å²) in [5.41, 5.74) is 3.16. The van der Waals surface area contributed by atoms with E-state index in [1.165, 1.54) is 6.26 Å². The SMILES string of the molecule is Cc1ccc(C(=O)NCc2cccc(C#N)c2)cc1NC(=O)c1ccco1. The average molecular weight is 359 g/mol. The Morgan fingerprint density at radius 2 is 1.93 bits per heavy atom. The molecule has 3 rings (SSSR count). The molecule has 3 aromatic rings. The third-order valence-electron chi connectivity index (χ3n) is 4.00. The zero-order valence-corrected chi connectivity index (χ0v) is 14.7. The summed E-state index contributed by atoms with van der Waals surface area (Å²) in [6.45, 7) is 2.14. The van der Waals surface area contributed by atoms with E-state index < -0.39 is 0 Å². The van der Waals surface area contributed by atoms with E-state index in [-0.39, 0.29) is 17.6 Å². The summed E-state index contributed by atoms with van der Waals surface area (Å²) >= 11 is 0. The quantitative estimate of drug-likeness (QED) is 0.727. The van der Waals surface area contributed by atoms with E-state index in [1.807, 2.05) is 13.0 Å². The maximum absolute atomic E-state index is 12.4. The molecule has 134 valence electrons. The molecular formula is C21H17N3O3. The van der Waals surface area contributed by atoms with Gasteiger partial charge >= 0.3 is 0 Å².